The van der Waals surface area contributed by atoms with Crippen molar-refractivity contribution in [1.29, 1.82) is 0 Å². The van der Waals surface area contributed by atoms with Gasteiger partial charge in [0.15, 0.2) is 0 Å². The lowest BCUT2D eigenvalue weighted by atomic mass is 10.1. The molecule has 1 amide bonds. The SMILES string of the molecule is Cc1[nH]c2ccccc2c1CCN1CC(S(N)(=O)=O)CC1=O. The van der Waals surface area contributed by atoms with Crippen molar-refractivity contribution in [3.05, 3.63) is 35.5 Å². The summed E-state index contributed by atoms with van der Waals surface area (Å²) in [5.41, 5.74) is 3.32. The van der Waals surface area contributed by atoms with Crippen molar-refractivity contribution in [2.45, 2.75) is 25.0 Å². The standard InChI is InChI=1S/C15H19N3O3S/c1-10-12(13-4-2-3-5-14(13)17-10)6-7-18-9-11(8-15(18)19)22(16,20)21/h2-5,11,17H,6-9H2,1H3,(H2,16,20,21). The zero-order valence-electron chi connectivity index (χ0n) is 12.4. The van der Waals surface area contributed by atoms with Gasteiger partial charge in [-0.2, -0.15) is 0 Å². The second kappa shape index (κ2) is 5.40. The number of H-pyrrole nitrogens is 1. The quantitative estimate of drug-likeness (QED) is 0.876. The Labute approximate surface area is 129 Å². The summed E-state index contributed by atoms with van der Waals surface area (Å²) in [5.74, 6) is -0.142. The average molecular weight is 321 g/mol. The Morgan fingerprint density at radius 1 is 1.36 bits per heavy atom. The zero-order chi connectivity index (χ0) is 15.9. The molecular formula is C15H19N3O3S. The number of para-hydroxylation sites is 1. The third-order valence-corrected chi connectivity index (χ3v) is 5.55. The van der Waals surface area contributed by atoms with Gasteiger partial charge < -0.3 is 9.88 Å². The number of sulfonamides is 1. The average Bonchev–Trinajstić information content (AvgIpc) is 2.96. The van der Waals surface area contributed by atoms with Gasteiger partial charge in [0.2, 0.25) is 15.9 Å². The van der Waals surface area contributed by atoms with Crippen LogP contribution in [0.2, 0.25) is 0 Å². The molecule has 118 valence electrons. The van der Waals surface area contributed by atoms with Gasteiger partial charge in [0.1, 0.15) is 5.25 Å². The number of aromatic nitrogens is 1. The number of amides is 1. The fraction of sp³-hybridized carbons (Fsp3) is 0.400. The molecule has 1 unspecified atom stereocenters. The van der Waals surface area contributed by atoms with E-state index in [-0.39, 0.29) is 18.9 Å². The van der Waals surface area contributed by atoms with Crippen LogP contribution in [0.4, 0.5) is 0 Å². The number of likely N-dealkylation sites (tertiary alicyclic amines) is 1. The molecule has 0 spiro atoms. The molecule has 1 aromatic carbocycles. The number of nitrogens with two attached hydrogens (primary N) is 1. The molecule has 7 heteroatoms. The van der Waals surface area contributed by atoms with Crippen molar-refractivity contribution < 1.29 is 13.2 Å². The number of rotatable bonds is 4. The van der Waals surface area contributed by atoms with Crippen molar-refractivity contribution in [3.63, 3.8) is 0 Å². The van der Waals surface area contributed by atoms with Crippen molar-refractivity contribution in [3.8, 4) is 0 Å². The lowest BCUT2D eigenvalue weighted by molar-refractivity contribution is -0.127. The Morgan fingerprint density at radius 3 is 2.77 bits per heavy atom. The van der Waals surface area contributed by atoms with E-state index in [1.807, 2.05) is 31.2 Å². The van der Waals surface area contributed by atoms with Gasteiger partial charge in [-0.25, -0.2) is 13.6 Å². The van der Waals surface area contributed by atoms with E-state index in [1.54, 1.807) is 4.90 Å². The van der Waals surface area contributed by atoms with Crippen molar-refractivity contribution in [2.75, 3.05) is 13.1 Å². The minimum Gasteiger partial charge on any atom is -0.358 e. The van der Waals surface area contributed by atoms with Crippen molar-refractivity contribution in [1.82, 2.24) is 9.88 Å². The Morgan fingerprint density at radius 2 is 2.09 bits per heavy atom. The molecule has 2 heterocycles. The Balaban J connectivity index is 1.75. The molecule has 0 saturated carbocycles. The molecule has 6 nitrogen and oxygen atoms in total. The first kappa shape index (κ1) is 15.1. The summed E-state index contributed by atoms with van der Waals surface area (Å²) in [6.07, 6.45) is 0.685. The summed E-state index contributed by atoms with van der Waals surface area (Å²) in [6.45, 7) is 2.71. The number of fused-ring (bicyclic) bond motifs is 1. The first-order chi connectivity index (χ1) is 10.4. The van der Waals surface area contributed by atoms with Crippen molar-refractivity contribution >= 4 is 26.8 Å². The van der Waals surface area contributed by atoms with E-state index in [4.69, 9.17) is 5.14 Å². The van der Waals surface area contributed by atoms with Gasteiger partial charge in [-0.15, -0.1) is 0 Å². The second-order valence-corrected chi connectivity index (χ2v) is 7.62. The fourth-order valence-corrected chi connectivity index (χ4v) is 3.84. The van der Waals surface area contributed by atoms with E-state index in [0.717, 1.165) is 16.6 Å². The van der Waals surface area contributed by atoms with E-state index in [9.17, 15) is 13.2 Å². The third kappa shape index (κ3) is 2.74. The summed E-state index contributed by atoms with van der Waals surface area (Å²) in [4.78, 5) is 16.9. The van der Waals surface area contributed by atoms with Gasteiger partial charge >= 0.3 is 0 Å². The first-order valence-electron chi connectivity index (χ1n) is 7.22. The minimum absolute atomic E-state index is 0.00823. The number of hydrogen-bond acceptors (Lipinski definition) is 3. The third-order valence-electron chi connectivity index (χ3n) is 4.30. The molecule has 1 aliphatic heterocycles. The van der Waals surface area contributed by atoms with Gasteiger partial charge in [-0.1, -0.05) is 18.2 Å². The molecule has 22 heavy (non-hydrogen) atoms. The highest BCUT2D eigenvalue weighted by Gasteiger charge is 2.36. The molecule has 3 N–H and O–H groups in total. The van der Waals surface area contributed by atoms with Gasteiger partial charge in [0.05, 0.1) is 0 Å². The zero-order valence-corrected chi connectivity index (χ0v) is 13.2. The highest BCUT2D eigenvalue weighted by Crippen LogP contribution is 2.23. The van der Waals surface area contributed by atoms with Gasteiger partial charge in [0.25, 0.3) is 0 Å². The minimum atomic E-state index is -3.65. The number of carbonyl (C=O) groups is 1. The maximum atomic E-state index is 11.9. The van der Waals surface area contributed by atoms with Crippen LogP contribution in [0.5, 0.6) is 0 Å². The number of carbonyl (C=O) groups excluding carboxylic acids is 1. The summed E-state index contributed by atoms with van der Waals surface area (Å²) < 4.78 is 22.8. The van der Waals surface area contributed by atoms with Gasteiger partial charge in [0, 0.05) is 36.1 Å². The molecule has 0 radical (unpaired) electrons. The number of aryl methyl sites for hydroxylation is 1. The molecule has 1 atom stereocenters. The van der Waals surface area contributed by atoms with Crippen LogP contribution in [0.1, 0.15) is 17.7 Å². The summed E-state index contributed by atoms with van der Waals surface area (Å²) >= 11 is 0. The maximum absolute atomic E-state index is 11.9. The summed E-state index contributed by atoms with van der Waals surface area (Å²) in [6, 6.07) is 8.02. The highest BCUT2D eigenvalue weighted by molar-refractivity contribution is 7.89. The molecule has 1 fully saturated rings. The lowest BCUT2D eigenvalue weighted by Gasteiger charge is -2.16. The Hall–Kier alpha value is -1.86. The monoisotopic (exact) mass is 321 g/mol. The summed E-state index contributed by atoms with van der Waals surface area (Å²) in [7, 11) is -3.65. The Kier molecular flexibility index (Phi) is 3.70. The number of primary sulfonamides is 1. The molecule has 1 saturated heterocycles. The van der Waals surface area contributed by atoms with E-state index >= 15 is 0 Å². The van der Waals surface area contributed by atoms with Crippen LogP contribution in [-0.4, -0.2) is 42.5 Å². The number of nitrogens with one attached hydrogen (secondary N) is 1. The van der Waals surface area contributed by atoms with Gasteiger partial charge in [-0.05, 0) is 25.0 Å². The van der Waals surface area contributed by atoms with E-state index in [2.05, 4.69) is 4.98 Å². The lowest BCUT2D eigenvalue weighted by Crippen LogP contribution is -2.33. The second-order valence-electron chi connectivity index (χ2n) is 5.78. The predicted octanol–water partition coefficient (Wildman–Crippen LogP) is 0.908. The fourth-order valence-electron chi connectivity index (χ4n) is 3.08. The highest BCUT2D eigenvalue weighted by atomic mass is 32.2. The molecule has 2 aromatic rings. The van der Waals surface area contributed by atoms with Crippen LogP contribution in [0.15, 0.2) is 24.3 Å². The molecule has 1 aromatic heterocycles. The number of hydrogen-bond donors (Lipinski definition) is 2. The van der Waals surface area contributed by atoms with Crippen LogP contribution in [0.25, 0.3) is 10.9 Å². The molecule has 1 aliphatic rings. The predicted molar refractivity (Wildman–Crippen MR) is 84.8 cm³/mol. The molecule has 0 aliphatic carbocycles. The summed E-state index contributed by atoms with van der Waals surface area (Å²) in [5, 5.41) is 5.52. The van der Waals surface area contributed by atoms with E-state index < -0.39 is 15.3 Å². The number of aromatic amines is 1. The van der Waals surface area contributed by atoms with E-state index in [0.29, 0.717) is 13.0 Å². The van der Waals surface area contributed by atoms with Gasteiger partial charge in [-0.3, -0.25) is 4.79 Å². The molecular weight excluding hydrogens is 302 g/mol. The van der Waals surface area contributed by atoms with E-state index in [1.165, 1.54) is 5.56 Å². The van der Waals surface area contributed by atoms with Crippen LogP contribution < -0.4 is 5.14 Å². The maximum Gasteiger partial charge on any atom is 0.224 e. The van der Waals surface area contributed by atoms with Crippen LogP contribution in [0.3, 0.4) is 0 Å². The van der Waals surface area contributed by atoms with Crippen molar-refractivity contribution in [2.24, 2.45) is 5.14 Å². The normalized spacial score (nSPS) is 19.3. The molecule has 3 rings (SSSR count). The Bertz CT molecular complexity index is 826. The number of nitrogens with zero attached hydrogens (tertiary/aromatic N) is 1. The van der Waals surface area contributed by atoms with Crippen LogP contribution >= 0.6 is 0 Å². The smallest absolute Gasteiger partial charge is 0.224 e. The largest absolute Gasteiger partial charge is 0.358 e. The first-order valence-corrected chi connectivity index (χ1v) is 8.83. The topological polar surface area (TPSA) is 96.3 Å². The van der Waals surface area contributed by atoms with Crippen LogP contribution in [0, 0.1) is 6.92 Å². The molecule has 0 bridgehead atoms. The number of benzene rings is 1. The van der Waals surface area contributed by atoms with Crippen LogP contribution in [-0.2, 0) is 21.2 Å².